The molecule has 2 heteroatoms. The summed E-state index contributed by atoms with van der Waals surface area (Å²) in [6, 6.07) is 0. The largest absolute Gasteiger partial charge is 0.300 e. The summed E-state index contributed by atoms with van der Waals surface area (Å²) in [6.45, 7) is 7.43. The Morgan fingerprint density at radius 1 is 1.58 bits per heavy atom. The molecule has 0 aliphatic carbocycles. The summed E-state index contributed by atoms with van der Waals surface area (Å²) in [5.74, 6) is 2.40. The molecule has 0 aromatic heterocycles. The van der Waals surface area contributed by atoms with Crippen molar-refractivity contribution in [3.8, 4) is 0 Å². The van der Waals surface area contributed by atoms with Crippen molar-refractivity contribution in [1.82, 2.24) is 4.90 Å². The van der Waals surface area contributed by atoms with Gasteiger partial charge in [0.2, 0.25) is 0 Å². The highest BCUT2D eigenvalue weighted by Gasteiger charge is 2.36. The van der Waals surface area contributed by atoms with Crippen LogP contribution in [0.15, 0.2) is 5.57 Å². The van der Waals surface area contributed by atoms with Gasteiger partial charge in [-0.25, -0.2) is 4.79 Å². The molecule has 0 amide bonds. The van der Waals surface area contributed by atoms with E-state index in [1.165, 1.54) is 0 Å². The Kier molecular flexibility index (Phi) is 2.41. The summed E-state index contributed by atoms with van der Waals surface area (Å²) >= 11 is 0. The summed E-state index contributed by atoms with van der Waals surface area (Å²) in [5, 5.41) is 0. The summed E-state index contributed by atoms with van der Waals surface area (Å²) in [5.41, 5.74) is 1.04. The normalized spacial score (nSPS) is 30.0. The minimum Gasteiger partial charge on any atom is -0.300 e. The third kappa shape index (κ3) is 1.33. The Hall–Kier alpha value is -0.590. The van der Waals surface area contributed by atoms with E-state index in [0.717, 1.165) is 18.5 Å². The van der Waals surface area contributed by atoms with Gasteiger partial charge in [-0.2, -0.15) is 0 Å². The summed E-state index contributed by atoms with van der Waals surface area (Å²) in [7, 11) is 2.11. The number of likely N-dealkylation sites (tertiary alicyclic amines) is 1. The Morgan fingerprint density at radius 3 is 2.67 bits per heavy atom. The maximum Gasteiger partial charge on any atom is 0.123 e. The molecule has 0 aromatic rings. The molecule has 0 saturated carbocycles. The predicted molar refractivity (Wildman–Crippen MR) is 49.7 cm³/mol. The number of piperidine rings is 1. The van der Waals surface area contributed by atoms with Crippen LogP contribution in [0.5, 0.6) is 0 Å². The molecule has 1 saturated heterocycles. The number of nitrogens with zero attached hydrogens (tertiary/aromatic N) is 1. The first-order valence-corrected chi connectivity index (χ1v) is 4.45. The lowest BCUT2D eigenvalue weighted by molar-refractivity contribution is 0.0885. The van der Waals surface area contributed by atoms with Crippen molar-refractivity contribution in [3.63, 3.8) is 0 Å². The van der Waals surface area contributed by atoms with Crippen molar-refractivity contribution in [3.05, 3.63) is 5.57 Å². The molecule has 2 nitrogen and oxygen atoms in total. The Bertz CT molecular complexity index is 226. The van der Waals surface area contributed by atoms with Gasteiger partial charge in [-0.1, -0.05) is 6.92 Å². The van der Waals surface area contributed by atoms with E-state index in [1.807, 2.05) is 0 Å². The topological polar surface area (TPSA) is 20.3 Å². The number of hydrogen-bond acceptors (Lipinski definition) is 2. The molecule has 1 rings (SSSR count). The first kappa shape index (κ1) is 9.50. The van der Waals surface area contributed by atoms with Crippen LogP contribution < -0.4 is 0 Å². The molecule has 0 bridgehead atoms. The predicted octanol–water partition coefficient (Wildman–Crippen LogP) is 1.49. The Morgan fingerprint density at radius 2 is 2.17 bits per heavy atom. The molecule has 1 heterocycles. The Labute approximate surface area is 74.2 Å². The maximum absolute atomic E-state index is 10.6. The third-order valence-electron chi connectivity index (χ3n) is 3.41. The minimum atomic E-state index is 0.102. The van der Waals surface area contributed by atoms with Gasteiger partial charge >= 0.3 is 0 Å². The van der Waals surface area contributed by atoms with Crippen molar-refractivity contribution < 1.29 is 4.79 Å². The van der Waals surface area contributed by atoms with Gasteiger partial charge in [-0.05, 0) is 27.3 Å². The van der Waals surface area contributed by atoms with E-state index in [9.17, 15) is 4.79 Å². The lowest BCUT2D eigenvalue weighted by Gasteiger charge is -2.45. The smallest absolute Gasteiger partial charge is 0.123 e. The molecule has 1 unspecified atom stereocenters. The van der Waals surface area contributed by atoms with Crippen LogP contribution >= 0.6 is 0 Å². The van der Waals surface area contributed by atoms with Crippen LogP contribution in [-0.4, -0.2) is 30.0 Å². The minimum absolute atomic E-state index is 0.102. The molecule has 0 aromatic carbocycles. The molecule has 1 aliphatic heterocycles. The second-order valence-electron chi connectivity index (χ2n) is 4.17. The first-order chi connectivity index (χ1) is 5.50. The van der Waals surface area contributed by atoms with Gasteiger partial charge in [0.15, 0.2) is 0 Å². The SMILES string of the molecule is CC1C(=C=O)CCN(C)C1(C)C. The second kappa shape index (κ2) is 3.04. The van der Waals surface area contributed by atoms with Crippen LogP contribution in [0, 0.1) is 5.92 Å². The standard InChI is InChI=1S/C10H17NO/c1-8-9(7-12)5-6-11(4)10(8,2)3/h8H,5-6H2,1-4H3. The average molecular weight is 167 g/mol. The van der Waals surface area contributed by atoms with E-state index < -0.39 is 0 Å². The molecule has 0 N–H and O–H groups in total. The lowest BCUT2D eigenvalue weighted by atomic mass is 9.78. The monoisotopic (exact) mass is 167 g/mol. The van der Waals surface area contributed by atoms with Gasteiger partial charge in [0, 0.05) is 23.6 Å². The highest BCUT2D eigenvalue weighted by atomic mass is 16.1. The van der Waals surface area contributed by atoms with E-state index >= 15 is 0 Å². The maximum atomic E-state index is 10.6. The van der Waals surface area contributed by atoms with Crippen LogP contribution in [0.25, 0.3) is 0 Å². The molecule has 0 radical (unpaired) electrons. The van der Waals surface area contributed by atoms with Gasteiger partial charge < -0.3 is 4.90 Å². The Balaban J connectivity index is 2.93. The lowest BCUT2D eigenvalue weighted by Crippen LogP contribution is -2.51. The van der Waals surface area contributed by atoms with Crippen molar-refractivity contribution >= 4 is 5.94 Å². The highest BCUT2D eigenvalue weighted by molar-refractivity contribution is 5.54. The van der Waals surface area contributed by atoms with Crippen molar-refractivity contribution in [2.24, 2.45) is 5.92 Å². The molecular formula is C10H17NO. The van der Waals surface area contributed by atoms with E-state index in [1.54, 1.807) is 0 Å². The fraction of sp³-hybridized carbons (Fsp3) is 0.800. The van der Waals surface area contributed by atoms with Crippen LogP contribution in [0.4, 0.5) is 0 Å². The fourth-order valence-electron chi connectivity index (χ4n) is 1.69. The quantitative estimate of drug-likeness (QED) is 0.509. The zero-order valence-electron chi connectivity index (χ0n) is 8.35. The van der Waals surface area contributed by atoms with Crippen LogP contribution in [0.3, 0.4) is 0 Å². The van der Waals surface area contributed by atoms with E-state index in [2.05, 4.69) is 38.7 Å². The molecule has 1 fully saturated rings. The molecule has 68 valence electrons. The third-order valence-corrected chi connectivity index (χ3v) is 3.41. The highest BCUT2D eigenvalue weighted by Crippen LogP contribution is 2.33. The molecule has 1 aliphatic rings. The molecule has 0 spiro atoms. The van der Waals surface area contributed by atoms with Gasteiger partial charge in [0.25, 0.3) is 0 Å². The molecule has 12 heavy (non-hydrogen) atoms. The van der Waals surface area contributed by atoms with E-state index in [4.69, 9.17) is 0 Å². The summed E-state index contributed by atoms with van der Waals surface area (Å²) in [6.07, 6.45) is 0.880. The second-order valence-corrected chi connectivity index (χ2v) is 4.17. The van der Waals surface area contributed by atoms with E-state index in [0.29, 0.717) is 5.92 Å². The van der Waals surface area contributed by atoms with Crippen LogP contribution in [0.1, 0.15) is 27.2 Å². The van der Waals surface area contributed by atoms with Crippen molar-refractivity contribution in [2.45, 2.75) is 32.7 Å². The van der Waals surface area contributed by atoms with Crippen LogP contribution in [-0.2, 0) is 4.79 Å². The van der Waals surface area contributed by atoms with Gasteiger partial charge in [0.1, 0.15) is 5.94 Å². The van der Waals surface area contributed by atoms with Gasteiger partial charge in [-0.15, -0.1) is 0 Å². The van der Waals surface area contributed by atoms with Crippen molar-refractivity contribution in [2.75, 3.05) is 13.6 Å². The first-order valence-electron chi connectivity index (χ1n) is 4.45. The van der Waals surface area contributed by atoms with Crippen molar-refractivity contribution in [1.29, 1.82) is 0 Å². The average Bonchev–Trinajstić information content (AvgIpc) is 2.02. The molecule has 1 atom stereocenters. The number of hydrogen-bond donors (Lipinski definition) is 0. The number of carbonyl (C=O) groups excluding carboxylic acids is 1. The zero-order valence-corrected chi connectivity index (χ0v) is 8.35. The fourth-order valence-corrected chi connectivity index (χ4v) is 1.69. The molecular weight excluding hydrogens is 150 g/mol. The van der Waals surface area contributed by atoms with Gasteiger partial charge in [-0.3, -0.25) is 0 Å². The zero-order chi connectivity index (χ0) is 9.35. The number of rotatable bonds is 0. The van der Waals surface area contributed by atoms with Gasteiger partial charge in [0.05, 0.1) is 0 Å². The summed E-state index contributed by atoms with van der Waals surface area (Å²) in [4.78, 5) is 12.9. The summed E-state index contributed by atoms with van der Waals surface area (Å²) < 4.78 is 0. The van der Waals surface area contributed by atoms with Crippen LogP contribution in [0.2, 0.25) is 0 Å². The van der Waals surface area contributed by atoms with E-state index in [-0.39, 0.29) is 5.54 Å².